The molecule has 0 atom stereocenters. The van der Waals surface area contributed by atoms with E-state index in [1.54, 1.807) is 0 Å². The average Bonchev–Trinajstić information content (AvgIpc) is 1.68. The number of pyridine rings is 2. The molecule has 0 bridgehead atoms. The molecule has 4 saturated carbocycles. The van der Waals surface area contributed by atoms with Crippen molar-refractivity contribution in [2.75, 3.05) is 0 Å². The Bertz CT molecular complexity index is 4740. The fourth-order valence-electron chi connectivity index (χ4n) is 15.1. The molecule has 0 saturated heterocycles. The average molecular weight is 1320 g/mol. The smallest absolute Gasteiger partial charge is 0.190 e. The Labute approximate surface area is 586 Å². The molecule has 4 aliphatic carbocycles. The van der Waals surface area contributed by atoms with Crippen molar-refractivity contribution >= 4 is 66.4 Å². The molecule has 0 aliphatic heterocycles. The lowest BCUT2D eigenvalue weighted by atomic mass is 9.89. The highest BCUT2D eigenvalue weighted by Gasteiger charge is 2.35. The molecular formula is C86H86N10O4. The van der Waals surface area contributed by atoms with E-state index in [0.29, 0.717) is 46.9 Å². The van der Waals surface area contributed by atoms with E-state index in [-0.39, 0.29) is 24.4 Å². The van der Waals surface area contributed by atoms with Crippen LogP contribution in [-0.4, -0.2) is 73.1 Å². The van der Waals surface area contributed by atoms with Crippen LogP contribution in [0.5, 0.6) is 0 Å². The molecule has 0 spiro atoms. The van der Waals surface area contributed by atoms with Crippen LogP contribution in [0.1, 0.15) is 142 Å². The van der Waals surface area contributed by atoms with Gasteiger partial charge in [0.2, 0.25) is 0 Å². The first-order valence-corrected chi connectivity index (χ1v) is 34.8. The van der Waals surface area contributed by atoms with Crippen molar-refractivity contribution in [1.29, 1.82) is 0 Å². The number of hydrogen-bond acceptors (Lipinski definition) is 6. The van der Waals surface area contributed by atoms with Gasteiger partial charge >= 0.3 is 0 Å². The van der Waals surface area contributed by atoms with Gasteiger partial charge in [0.15, 0.2) is 22.7 Å². The van der Waals surface area contributed by atoms with E-state index in [2.05, 4.69) is 188 Å². The molecule has 4 N–H and O–H groups in total. The molecule has 4 fully saturated rings. The zero-order valence-corrected chi connectivity index (χ0v) is 59.2. The van der Waals surface area contributed by atoms with Gasteiger partial charge < -0.3 is 38.7 Å². The van der Waals surface area contributed by atoms with E-state index < -0.39 is 0 Å². The Balaban J connectivity index is 0.000000119. The minimum atomic E-state index is -0.197. The largest absolute Gasteiger partial charge is 0.393 e. The summed E-state index contributed by atoms with van der Waals surface area (Å²) in [6.07, 6.45) is 22.0. The van der Waals surface area contributed by atoms with E-state index in [1.165, 1.54) is 55.6 Å². The number of aryl methyl sites for hydroxylation is 8. The van der Waals surface area contributed by atoms with Gasteiger partial charge in [0.05, 0.1) is 50.7 Å². The molecule has 504 valence electrons. The summed E-state index contributed by atoms with van der Waals surface area (Å²) in [6, 6.07) is 30.6. The summed E-state index contributed by atoms with van der Waals surface area (Å²) >= 11 is 0. The monoisotopic (exact) mass is 1320 g/mol. The third-order valence-electron chi connectivity index (χ3n) is 22.3. The van der Waals surface area contributed by atoms with Crippen molar-refractivity contribution in [3.05, 3.63) is 247 Å². The van der Waals surface area contributed by atoms with Gasteiger partial charge in [0.1, 0.15) is 0 Å². The summed E-state index contributed by atoms with van der Waals surface area (Å²) in [5, 5.41) is 43.4. The third kappa shape index (κ3) is 12.5. The van der Waals surface area contributed by atoms with E-state index in [9.17, 15) is 20.4 Å². The quantitative estimate of drug-likeness (QED) is 0.112. The van der Waals surface area contributed by atoms with Gasteiger partial charge in [-0.1, -0.05) is 36.4 Å². The van der Waals surface area contributed by atoms with Gasteiger partial charge in [-0.3, -0.25) is 9.97 Å². The van der Waals surface area contributed by atoms with Crippen LogP contribution in [0.4, 0.5) is 22.7 Å². The van der Waals surface area contributed by atoms with E-state index in [1.807, 2.05) is 76.7 Å². The van der Waals surface area contributed by atoms with Crippen molar-refractivity contribution < 1.29 is 20.4 Å². The lowest BCUT2D eigenvalue weighted by Gasteiger charge is -2.33. The number of aromatic nitrogens is 6. The van der Waals surface area contributed by atoms with E-state index in [0.717, 1.165) is 151 Å². The summed E-state index contributed by atoms with van der Waals surface area (Å²) in [4.78, 5) is 23.5. The first kappa shape index (κ1) is 68.1. The standard InChI is InChI=1S/2C22H22N2O.2C21H21N3O/c2*1-13-6-5-7-18(15(13)3)20-12-24(16-9-17(25)10-16)22-8-14(2)21(23-4)11-19(20)22;2*1-12-5-21-17(8-20(12)22-4)19(11-24(21)15-6-16(25)7-15)18-10-23-9-13(2)14(18)3/h2*5-8,11-12,16-17,25H,9-10H2,1-3H3;2*5,8-11,15-16,25H,6-7H2,1-3H3. The van der Waals surface area contributed by atoms with Crippen molar-refractivity contribution in [3.8, 4) is 44.5 Å². The maximum Gasteiger partial charge on any atom is 0.190 e. The van der Waals surface area contributed by atoms with Gasteiger partial charge in [-0.15, -0.1) is 0 Å². The van der Waals surface area contributed by atoms with Gasteiger partial charge in [-0.05, 0) is 282 Å². The number of nitrogens with zero attached hydrogens (tertiary/aromatic N) is 10. The number of aliphatic hydroxyl groups excluding tert-OH is 4. The Kier molecular flexibility index (Phi) is 18.6. The number of aliphatic hydroxyl groups is 4. The van der Waals surface area contributed by atoms with Crippen LogP contribution in [0.15, 0.2) is 135 Å². The van der Waals surface area contributed by atoms with Crippen LogP contribution in [-0.2, 0) is 0 Å². The Hall–Kier alpha value is -10.4. The maximum atomic E-state index is 9.74. The van der Waals surface area contributed by atoms with Crippen molar-refractivity contribution in [2.24, 2.45) is 0 Å². The first-order valence-electron chi connectivity index (χ1n) is 34.8. The van der Waals surface area contributed by atoms with Gasteiger partial charge in [-0.2, -0.15) is 0 Å². The van der Waals surface area contributed by atoms with Crippen LogP contribution in [0.2, 0.25) is 0 Å². The molecule has 14 heteroatoms. The minimum Gasteiger partial charge on any atom is -0.393 e. The number of benzene rings is 6. The molecule has 6 aromatic carbocycles. The van der Waals surface area contributed by atoms with Crippen molar-refractivity contribution in [2.45, 2.75) is 183 Å². The van der Waals surface area contributed by atoms with Crippen molar-refractivity contribution in [3.63, 3.8) is 0 Å². The molecular weight excluding hydrogens is 1240 g/mol. The van der Waals surface area contributed by atoms with Gasteiger partial charge in [0.25, 0.3) is 0 Å². The second kappa shape index (κ2) is 27.4. The molecule has 100 heavy (non-hydrogen) atoms. The Morgan fingerprint density at radius 1 is 0.300 bits per heavy atom. The summed E-state index contributed by atoms with van der Waals surface area (Å²) < 4.78 is 9.17. The zero-order chi connectivity index (χ0) is 70.9. The highest BCUT2D eigenvalue weighted by molar-refractivity contribution is 6.03. The second-order valence-corrected chi connectivity index (χ2v) is 28.7. The molecule has 12 aromatic rings. The highest BCUT2D eigenvalue weighted by Crippen LogP contribution is 2.48. The second-order valence-electron chi connectivity index (χ2n) is 28.7. The number of hydrogen-bond donors (Lipinski definition) is 4. The number of rotatable bonds is 8. The summed E-state index contributed by atoms with van der Waals surface area (Å²) in [5.41, 5.74) is 30.6. The highest BCUT2D eigenvalue weighted by atomic mass is 16.3. The summed E-state index contributed by atoms with van der Waals surface area (Å²) in [6.45, 7) is 54.7. The zero-order valence-electron chi connectivity index (χ0n) is 59.2. The van der Waals surface area contributed by atoms with Crippen LogP contribution in [0, 0.1) is 109 Å². The summed E-state index contributed by atoms with van der Waals surface area (Å²) in [5.74, 6) is 0. The predicted molar refractivity (Wildman–Crippen MR) is 404 cm³/mol. The molecule has 16 rings (SSSR count). The maximum absolute atomic E-state index is 9.74. The van der Waals surface area contributed by atoms with Crippen LogP contribution in [0.25, 0.3) is 107 Å². The molecule has 6 aromatic heterocycles. The Morgan fingerprint density at radius 2 is 0.540 bits per heavy atom. The minimum absolute atomic E-state index is 0.185. The van der Waals surface area contributed by atoms with Crippen LogP contribution in [0.3, 0.4) is 0 Å². The third-order valence-corrected chi connectivity index (χ3v) is 22.3. The van der Waals surface area contributed by atoms with Crippen LogP contribution >= 0.6 is 0 Å². The van der Waals surface area contributed by atoms with Crippen molar-refractivity contribution in [1.82, 2.24) is 28.2 Å². The molecule has 0 unspecified atom stereocenters. The lowest BCUT2D eigenvalue weighted by molar-refractivity contribution is 0.0500. The SMILES string of the molecule is [C-]#[N+]c1cc2c(-c3cccc(C)c3C)cn(C3CC(O)C3)c2cc1C.[C-]#[N+]c1cc2c(-c3cccc(C)c3C)cn(C3CC(O)C3)c2cc1C.[C-]#[N+]c1cc2c(-c3cncc(C)c3C)cn(C3CC(O)C3)c2cc1C.[C-]#[N+]c1cc2c(-c3cncc(C)c3C)cn(C3CC(O)C3)c2cc1C. The van der Waals surface area contributed by atoms with Gasteiger partial charge in [-0.25, -0.2) is 19.4 Å². The molecule has 4 aliphatic rings. The van der Waals surface area contributed by atoms with Gasteiger partial charge in [0, 0.05) is 129 Å². The lowest BCUT2D eigenvalue weighted by Crippen LogP contribution is -2.30. The molecule has 0 amide bonds. The topological polar surface area (TPSA) is 144 Å². The first-order chi connectivity index (χ1) is 48.0. The molecule has 6 heterocycles. The summed E-state index contributed by atoms with van der Waals surface area (Å²) in [7, 11) is 0. The van der Waals surface area contributed by atoms with E-state index >= 15 is 0 Å². The normalized spacial score (nSPS) is 19.6. The fourth-order valence-corrected chi connectivity index (χ4v) is 15.1. The molecule has 0 radical (unpaired) electrons. The van der Waals surface area contributed by atoms with E-state index in [4.69, 9.17) is 26.3 Å². The molecule has 14 nitrogen and oxygen atoms in total. The van der Waals surface area contributed by atoms with Crippen LogP contribution < -0.4 is 0 Å². The number of fused-ring (bicyclic) bond motifs is 4. The fraction of sp³-hybridized carbons (Fsp3) is 0.326. The predicted octanol–water partition coefficient (Wildman–Crippen LogP) is 20.7. The Morgan fingerprint density at radius 3 is 0.780 bits per heavy atom.